The fourth-order valence-corrected chi connectivity index (χ4v) is 2.39. The fourth-order valence-electron chi connectivity index (χ4n) is 2.39. The number of alkyl halides is 3. The van der Waals surface area contributed by atoms with Gasteiger partial charge in [0.05, 0.1) is 6.07 Å². The van der Waals surface area contributed by atoms with Gasteiger partial charge in [-0.1, -0.05) is 19.8 Å². The molecule has 0 spiro atoms. The van der Waals surface area contributed by atoms with Gasteiger partial charge in [0.1, 0.15) is 12.0 Å². The lowest BCUT2D eigenvalue weighted by Gasteiger charge is -2.30. The van der Waals surface area contributed by atoms with E-state index >= 15 is 0 Å². The fraction of sp³-hybridized carbons (Fsp3) is 0.833. The van der Waals surface area contributed by atoms with E-state index in [1.807, 2.05) is 6.07 Å². The zero-order chi connectivity index (χ0) is 13.8. The summed E-state index contributed by atoms with van der Waals surface area (Å²) in [6.07, 6.45) is -1.76. The molecule has 0 aromatic rings. The highest BCUT2D eigenvalue weighted by Gasteiger charge is 2.46. The van der Waals surface area contributed by atoms with E-state index in [9.17, 15) is 18.0 Å². The van der Waals surface area contributed by atoms with Crippen LogP contribution in [0.5, 0.6) is 0 Å². The van der Waals surface area contributed by atoms with Gasteiger partial charge in [0.15, 0.2) is 0 Å². The Morgan fingerprint density at radius 2 is 1.94 bits per heavy atom. The van der Waals surface area contributed by atoms with Crippen molar-refractivity contribution in [3.8, 4) is 6.07 Å². The third-order valence-electron chi connectivity index (χ3n) is 3.23. The van der Waals surface area contributed by atoms with Gasteiger partial charge in [0, 0.05) is 6.54 Å². The predicted octanol–water partition coefficient (Wildman–Crippen LogP) is 2.87. The highest BCUT2D eigenvalue weighted by Crippen LogP contribution is 2.39. The SMILES string of the molecule is CCCN(CC(F)(F)F)C(=O)C1(C#N)CCCC1. The first-order chi connectivity index (χ1) is 8.34. The number of hydrogen-bond donors (Lipinski definition) is 0. The van der Waals surface area contributed by atoms with Crippen molar-refractivity contribution in [2.24, 2.45) is 5.41 Å². The molecule has 18 heavy (non-hydrogen) atoms. The molecule has 3 nitrogen and oxygen atoms in total. The van der Waals surface area contributed by atoms with E-state index in [0.717, 1.165) is 17.7 Å². The maximum absolute atomic E-state index is 12.4. The van der Waals surface area contributed by atoms with E-state index in [2.05, 4.69) is 0 Å². The van der Waals surface area contributed by atoms with Gasteiger partial charge in [0.25, 0.3) is 0 Å². The second kappa shape index (κ2) is 5.59. The van der Waals surface area contributed by atoms with Crippen LogP contribution in [0.2, 0.25) is 0 Å². The maximum Gasteiger partial charge on any atom is 0.406 e. The van der Waals surface area contributed by atoms with Crippen molar-refractivity contribution >= 4 is 5.91 Å². The summed E-state index contributed by atoms with van der Waals surface area (Å²) in [6, 6.07) is 1.94. The Morgan fingerprint density at radius 3 is 2.33 bits per heavy atom. The van der Waals surface area contributed by atoms with E-state index in [0.29, 0.717) is 19.3 Å². The number of nitrogens with zero attached hydrogens (tertiary/aromatic N) is 2. The van der Waals surface area contributed by atoms with Crippen LogP contribution in [0, 0.1) is 16.7 Å². The molecule has 0 saturated heterocycles. The Morgan fingerprint density at radius 1 is 1.39 bits per heavy atom. The lowest BCUT2D eigenvalue weighted by Crippen LogP contribution is -2.46. The summed E-state index contributed by atoms with van der Waals surface area (Å²) >= 11 is 0. The molecule has 102 valence electrons. The van der Waals surface area contributed by atoms with Crippen molar-refractivity contribution in [3.63, 3.8) is 0 Å². The molecule has 0 aliphatic heterocycles. The molecule has 0 heterocycles. The van der Waals surface area contributed by atoms with Gasteiger partial charge in [-0.2, -0.15) is 18.4 Å². The van der Waals surface area contributed by atoms with Crippen LogP contribution in [-0.2, 0) is 4.79 Å². The number of amides is 1. The molecule has 0 atom stereocenters. The first-order valence-corrected chi connectivity index (χ1v) is 6.12. The monoisotopic (exact) mass is 262 g/mol. The first-order valence-electron chi connectivity index (χ1n) is 6.12. The minimum atomic E-state index is -4.42. The number of nitriles is 1. The molecule has 0 aromatic heterocycles. The van der Waals surface area contributed by atoms with Crippen molar-refractivity contribution < 1.29 is 18.0 Å². The van der Waals surface area contributed by atoms with Gasteiger partial charge < -0.3 is 4.90 Å². The van der Waals surface area contributed by atoms with Gasteiger partial charge in [0.2, 0.25) is 5.91 Å². The second-order valence-corrected chi connectivity index (χ2v) is 4.74. The zero-order valence-corrected chi connectivity index (χ0v) is 10.4. The highest BCUT2D eigenvalue weighted by molar-refractivity contribution is 5.85. The first kappa shape index (κ1) is 14.8. The van der Waals surface area contributed by atoms with Crippen LogP contribution in [0.4, 0.5) is 13.2 Å². The normalized spacial score (nSPS) is 18.4. The van der Waals surface area contributed by atoms with Crippen LogP contribution < -0.4 is 0 Å². The van der Waals surface area contributed by atoms with Crippen molar-refractivity contribution in [1.29, 1.82) is 5.26 Å². The van der Waals surface area contributed by atoms with Crippen molar-refractivity contribution in [1.82, 2.24) is 4.90 Å². The Bertz CT molecular complexity index is 340. The third-order valence-corrected chi connectivity index (χ3v) is 3.23. The summed E-state index contributed by atoms with van der Waals surface area (Å²) in [6.45, 7) is 0.495. The summed E-state index contributed by atoms with van der Waals surface area (Å²) < 4.78 is 37.3. The van der Waals surface area contributed by atoms with Crippen LogP contribution in [0.3, 0.4) is 0 Å². The molecule has 1 rings (SSSR count). The topological polar surface area (TPSA) is 44.1 Å². The van der Waals surface area contributed by atoms with E-state index in [1.54, 1.807) is 6.92 Å². The van der Waals surface area contributed by atoms with Crippen LogP contribution in [0.15, 0.2) is 0 Å². The molecular formula is C12H17F3N2O. The number of hydrogen-bond acceptors (Lipinski definition) is 2. The number of carbonyl (C=O) groups is 1. The molecule has 1 saturated carbocycles. The summed E-state index contributed by atoms with van der Waals surface area (Å²) in [5, 5.41) is 9.12. The van der Waals surface area contributed by atoms with E-state index < -0.39 is 24.0 Å². The lowest BCUT2D eigenvalue weighted by atomic mass is 9.86. The lowest BCUT2D eigenvalue weighted by molar-refractivity contribution is -0.165. The van der Waals surface area contributed by atoms with Crippen LogP contribution in [-0.4, -0.2) is 30.1 Å². The summed E-state index contributed by atoms with van der Waals surface area (Å²) in [7, 11) is 0. The summed E-state index contributed by atoms with van der Waals surface area (Å²) in [5.41, 5.74) is -1.22. The second-order valence-electron chi connectivity index (χ2n) is 4.74. The van der Waals surface area contributed by atoms with Gasteiger partial charge >= 0.3 is 6.18 Å². The quantitative estimate of drug-likeness (QED) is 0.782. The third kappa shape index (κ3) is 3.37. The number of halogens is 3. The van der Waals surface area contributed by atoms with Crippen LogP contribution >= 0.6 is 0 Å². The average Bonchev–Trinajstić information content (AvgIpc) is 2.75. The maximum atomic E-state index is 12.4. The number of carbonyl (C=O) groups excluding carboxylic acids is 1. The van der Waals surface area contributed by atoms with E-state index in [4.69, 9.17) is 5.26 Å². The smallest absolute Gasteiger partial charge is 0.332 e. The van der Waals surface area contributed by atoms with Gasteiger partial charge in [-0.15, -0.1) is 0 Å². The predicted molar refractivity (Wildman–Crippen MR) is 59.4 cm³/mol. The van der Waals surface area contributed by atoms with Crippen molar-refractivity contribution in [3.05, 3.63) is 0 Å². The molecule has 1 aliphatic rings. The number of rotatable bonds is 4. The Labute approximate surface area is 105 Å². The van der Waals surface area contributed by atoms with Crippen LogP contribution in [0.1, 0.15) is 39.0 Å². The van der Waals surface area contributed by atoms with Crippen molar-refractivity contribution in [2.45, 2.75) is 45.2 Å². The minimum Gasteiger partial charge on any atom is -0.332 e. The molecule has 6 heteroatoms. The Hall–Kier alpha value is -1.25. The molecular weight excluding hydrogens is 245 g/mol. The molecule has 0 bridgehead atoms. The highest BCUT2D eigenvalue weighted by atomic mass is 19.4. The molecule has 1 aliphatic carbocycles. The molecule has 0 aromatic carbocycles. The minimum absolute atomic E-state index is 0.0434. The molecule has 0 N–H and O–H groups in total. The molecule has 0 unspecified atom stereocenters. The van der Waals surface area contributed by atoms with Gasteiger partial charge in [-0.25, -0.2) is 0 Å². The molecule has 1 amide bonds. The largest absolute Gasteiger partial charge is 0.406 e. The zero-order valence-electron chi connectivity index (χ0n) is 10.4. The molecule has 0 radical (unpaired) electrons. The van der Waals surface area contributed by atoms with Crippen LogP contribution in [0.25, 0.3) is 0 Å². The summed E-state index contributed by atoms with van der Waals surface area (Å²) in [5.74, 6) is -0.651. The van der Waals surface area contributed by atoms with Gasteiger partial charge in [-0.05, 0) is 19.3 Å². The Kier molecular flexibility index (Phi) is 4.60. The Balaban J connectivity index is 2.85. The summed E-state index contributed by atoms with van der Waals surface area (Å²) in [4.78, 5) is 13.0. The van der Waals surface area contributed by atoms with Gasteiger partial charge in [-0.3, -0.25) is 4.79 Å². The average molecular weight is 262 g/mol. The van der Waals surface area contributed by atoms with E-state index in [1.165, 1.54) is 0 Å². The van der Waals surface area contributed by atoms with E-state index in [-0.39, 0.29) is 6.54 Å². The standard InChI is InChI=1S/C12H17F3N2O/c1-2-7-17(9-12(13,14)15)10(18)11(8-16)5-3-4-6-11/h2-7,9H2,1H3. The molecule has 1 fully saturated rings. The van der Waals surface area contributed by atoms with Crippen molar-refractivity contribution in [2.75, 3.05) is 13.1 Å².